The van der Waals surface area contributed by atoms with Crippen molar-refractivity contribution < 1.29 is 0 Å². The highest BCUT2D eigenvalue weighted by Gasteiger charge is 2.40. The summed E-state index contributed by atoms with van der Waals surface area (Å²) in [5.74, 6) is 0. The molecule has 0 aliphatic heterocycles. The Hall–Kier alpha value is -5.92. The Morgan fingerprint density at radius 1 is 0.417 bits per heavy atom. The Labute approximate surface area is 282 Å². The van der Waals surface area contributed by atoms with Gasteiger partial charge in [-0.1, -0.05) is 159 Å². The van der Waals surface area contributed by atoms with Crippen LogP contribution >= 0.6 is 0 Å². The average Bonchev–Trinajstić information content (AvgIpc) is 3.39. The summed E-state index contributed by atoms with van der Waals surface area (Å²) in [7, 11) is 0. The maximum atomic E-state index is 2.51. The quantitative estimate of drug-likeness (QED) is 0.187. The molecule has 1 aliphatic carbocycles. The van der Waals surface area contributed by atoms with Gasteiger partial charge in [0.15, 0.2) is 0 Å². The lowest BCUT2D eigenvalue weighted by Gasteiger charge is -2.31. The predicted molar refractivity (Wildman–Crippen MR) is 205 cm³/mol. The van der Waals surface area contributed by atoms with E-state index in [2.05, 4.69) is 195 Å². The van der Waals surface area contributed by atoms with E-state index in [0.29, 0.717) is 0 Å². The summed E-state index contributed by atoms with van der Waals surface area (Å²) in [5, 5.41) is 5.02. The Morgan fingerprint density at radius 2 is 1.06 bits per heavy atom. The van der Waals surface area contributed by atoms with E-state index in [0.717, 1.165) is 11.4 Å². The SMILES string of the molecule is CC1(C)c2ccc(-c3ccccc3)cc2-c2c(N(c3ccc4ccccc4c3)c3ccccc3-c3ccccc3)cc3ccccc3c21. The van der Waals surface area contributed by atoms with Crippen molar-refractivity contribution in [3.05, 3.63) is 187 Å². The molecule has 0 N–H and O–H groups in total. The molecule has 0 atom stereocenters. The topological polar surface area (TPSA) is 3.24 Å². The zero-order valence-electron chi connectivity index (χ0n) is 27.2. The number of fused-ring (bicyclic) bond motifs is 6. The van der Waals surface area contributed by atoms with Gasteiger partial charge in [0.25, 0.3) is 0 Å². The molecule has 1 aliphatic rings. The number of para-hydroxylation sites is 1. The molecule has 0 heterocycles. The molecule has 8 aromatic carbocycles. The zero-order chi connectivity index (χ0) is 32.2. The predicted octanol–water partition coefficient (Wildman–Crippen LogP) is 13.1. The summed E-state index contributed by atoms with van der Waals surface area (Å²) in [6, 6.07) is 64.4. The van der Waals surface area contributed by atoms with Crippen LogP contribution < -0.4 is 4.90 Å². The normalized spacial score (nSPS) is 13.0. The third kappa shape index (κ3) is 4.47. The van der Waals surface area contributed by atoms with Gasteiger partial charge in [-0.05, 0) is 85.3 Å². The number of anilines is 3. The van der Waals surface area contributed by atoms with Gasteiger partial charge in [-0.2, -0.15) is 0 Å². The molecule has 9 rings (SSSR count). The largest absolute Gasteiger partial charge is 0.309 e. The highest BCUT2D eigenvalue weighted by Crippen LogP contribution is 2.58. The van der Waals surface area contributed by atoms with Gasteiger partial charge in [-0.25, -0.2) is 0 Å². The van der Waals surface area contributed by atoms with Crippen LogP contribution in [-0.4, -0.2) is 0 Å². The summed E-state index contributed by atoms with van der Waals surface area (Å²) in [4.78, 5) is 2.51. The van der Waals surface area contributed by atoms with Gasteiger partial charge in [0.2, 0.25) is 0 Å². The second-order valence-electron chi connectivity index (χ2n) is 13.4. The lowest BCUT2D eigenvalue weighted by Crippen LogP contribution is -2.17. The Balaban J connectivity index is 1.41. The third-order valence-electron chi connectivity index (χ3n) is 10.2. The molecule has 228 valence electrons. The van der Waals surface area contributed by atoms with Crippen LogP contribution in [0.25, 0.3) is 54.9 Å². The Bertz CT molecular complexity index is 2470. The Morgan fingerprint density at radius 3 is 1.85 bits per heavy atom. The van der Waals surface area contributed by atoms with Crippen LogP contribution in [0.2, 0.25) is 0 Å². The fourth-order valence-corrected chi connectivity index (χ4v) is 7.93. The van der Waals surface area contributed by atoms with Crippen LogP contribution in [0.1, 0.15) is 25.0 Å². The van der Waals surface area contributed by atoms with Crippen LogP contribution in [0.15, 0.2) is 176 Å². The fraction of sp³-hybridized carbons (Fsp3) is 0.0638. The first kappa shape index (κ1) is 28.3. The number of hydrogen-bond donors (Lipinski definition) is 0. The van der Waals surface area contributed by atoms with Crippen LogP contribution in [0.4, 0.5) is 17.1 Å². The van der Waals surface area contributed by atoms with Crippen LogP contribution in [-0.2, 0) is 5.41 Å². The standard InChI is InChI=1S/C47H35N/c1-47(2)42-28-26-36(32-15-5-3-6-16-32)30-41(42)45-44(31-37-21-11-12-23-40(37)46(45)47)48(38-27-25-33-17-9-10-20-35(33)29-38)43-24-14-13-22-39(43)34-18-7-4-8-19-34/h3-31H,1-2H3. The first-order valence-electron chi connectivity index (χ1n) is 16.8. The number of benzene rings is 8. The van der Waals surface area contributed by atoms with E-state index < -0.39 is 0 Å². The van der Waals surface area contributed by atoms with Crippen molar-refractivity contribution in [3.63, 3.8) is 0 Å². The lowest BCUT2D eigenvalue weighted by atomic mass is 9.79. The van der Waals surface area contributed by atoms with Crippen molar-refractivity contribution in [2.45, 2.75) is 19.3 Å². The molecule has 0 aromatic heterocycles. The minimum atomic E-state index is -0.191. The van der Waals surface area contributed by atoms with Gasteiger partial charge >= 0.3 is 0 Å². The van der Waals surface area contributed by atoms with Gasteiger partial charge in [0, 0.05) is 22.2 Å². The summed E-state index contributed by atoms with van der Waals surface area (Å²) in [5.41, 5.74) is 13.5. The van der Waals surface area contributed by atoms with Gasteiger partial charge < -0.3 is 4.90 Å². The maximum absolute atomic E-state index is 2.51. The van der Waals surface area contributed by atoms with Gasteiger partial charge in [0.05, 0.1) is 11.4 Å². The van der Waals surface area contributed by atoms with Crippen LogP contribution in [0.5, 0.6) is 0 Å². The first-order valence-corrected chi connectivity index (χ1v) is 16.8. The smallest absolute Gasteiger partial charge is 0.0549 e. The first-order chi connectivity index (χ1) is 23.6. The van der Waals surface area contributed by atoms with Gasteiger partial charge in [-0.3, -0.25) is 0 Å². The molecule has 0 saturated heterocycles. The average molecular weight is 614 g/mol. The molecule has 0 unspecified atom stereocenters. The molecule has 48 heavy (non-hydrogen) atoms. The molecule has 0 radical (unpaired) electrons. The summed E-state index contributed by atoms with van der Waals surface area (Å²) in [6.45, 7) is 4.79. The molecular formula is C47H35N. The zero-order valence-corrected chi connectivity index (χ0v) is 27.2. The molecule has 0 fully saturated rings. The van der Waals surface area contributed by atoms with Crippen molar-refractivity contribution in [1.29, 1.82) is 0 Å². The third-order valence-corrected chi connectivity index (χ3v) is 10.2. The van der Waals surface area contributed by atoms with Crippen molar-refractivity contribution in [2.75, 3.05) is 4.90 Å². The Kier molecular flexibility index (Phi) is 6.55. The second kappa shape index (κ2) is 11.1. The highest BCUT2D eigenvalue weighted by atomic mass is 15.1. The van der Waals surface area contributed by atoms with Crippen molar-refractivity contribution in [2.24, 2.45) is 0 Å². The number of hydrogen-bond acceptors (Lipinski definition) is 1. The van der Waals surface area contributed by atoms with Crippen LogP contribution in [0, 0.1) is 0 Å². The summed E-state index contributed by atoms with van der Waals surface area (Å²) < 4.78 is 0. The molecule has 0 spiro atoms. The summed E-state index contributed by atoms with van der Waals surface area (Å²) in [6.07, 6.45) is 0. The molecule has 0 saturated carbocycles. The van der Waals surface area contributed by atoms with E-state index in [-0.39, 0.29) is 5.41 Å². The van der Waals surface area contributed by atoms with E-state index in [1.54, 1.807) is 0 Å². The van der Waals surface area contributed by atoms with E-state index >= 15 is 0 Å². The minimum absolute atomic E-state index is 0.191. The second-order valence-corrected chi connectivity index (χ2v) is 13.4. The molecule has 1 nitrogen and oxygen atoms in total. The minimum Gasteiger partial charge on any atom is -0.309 e. The molecule has 0 amide bonds. The van der Waals surface area contributed by atoms with E-state index in [9.17, 15) is 0 Å². The fourth-order valence-electron chi connectivity index (χ4n) is 7.93. The van der Waals surface area contributed by atoms with Crippen molar-refractivity contribution in [3.8, 4) is 33.4 Å². The molecule has 1 heteroatoms. The van der Waals surface area contributed by atoms with Crippen molar-refractivity contribution in [1.82, 2.24) is 0 Å². The highest BCUT2D eigenvalue weighted by molar-refractivity contribution is 6.07. The summed E-state index contributed by atoms with van der Waals surface area (Å²) >= 11 is 0. The number of nitrogens with zero attached hydrogens (tertiary/aromatic N) is 1. The van der Waals surface area contributed by atoms with Crippen LogP contribution in [0.3, 0.4) is 0 Å². The maximum Gasteiger partial charge on any atom is 0.0549 e. The lowest BCUT2D eigenvalue weighted by molar-refractivity contribution is 0.666. The number of rotatable bonds is 5. The molecule has 8 aromatic rings. The van der Waals surface area contributed by atoms with Gasteiger partial charge in [0.1, 0.15) is 0 Å². The van der Waals surface area contributed by atoms with E-state index in [1.165, 1.54) is 71.7 Å². The van der Waals surface area contributed by atoms with E-state index in [1.807, 2.05) is 0 Å². The van der Waals surface area contributed by atoms with Crippen molar-refractivity contribution >= 4 is 38.6 Å². The van der Waals surface area contributed by atoms with Gasteiger partial charge in [-0.15, -0.1) is 0 Å². The molecule has 0 bridgehead atoms. The molecular weight excluding hydrogens is 579 g/mol. The monoisotopic (exact) mass is 613 g/mol. The van der Waals surface area contributed by atoms with E-state index in [4.69, 9.17) is 0 Å².